The van der Waals surface area contributed by atoms with Gasteiger partial charge in [-0.3, -0.25) is 14.9 Å². The van der Waals surface area contributed by atoms with E-state index in [9.17, 15) is 24.1 Å². The number of nitrogens with two attached hydrogens (primary N) is 1. The molecule has 4 N–H and O–H groups in total. The molecule has 1 rings (SSSR count). The molecule has 0 radical (unpaired) electrons. The van der Waals surface area contributed by atoms with E-state index in [1.807, 2.05) is 0 Å². The molecule has 0 heterocycles. The maximum Gasteiger partial charge on any atom is 0.338 e. The summed E-state index contributed by atoms with van der Waals surface area (Å²) in [4.78, 5) is 31.2. The zero-order valence-electron chi connectivity index (χ0n) is 10.3. The number of carboxylic acid groups (broad SMARTS) is 1. The van der Waals surface area contributed by atoms with E-state index < -0.39 is 33.9 Å². The molecular weight excluding hydrogens is 273 g/mol. The molecule has 1 amide bonds. The van der Waals surface area contributed by atoms with Gasteiger partial charge in [-0.1, -0.05) is 0 Å². The van der Waals surface area contributed by atoms with Gasteiger partial charge in [0.15, 0.2) is 0 Å². The van der Waals surface area contributed by atoms with Crippen LogP contribution in [0.25, 0.3) is 0 Å². The lowest BCUT2D eigenvalue weighted by Gasteiger charge is -2.08. The molecule has 0 fully saturated rings. The second kappa shape index (κ2) is 6.45. The van der Waals surface area contributed by atoms with Gasteiger partial charge in [-0.2, -0.15) is 0 Å². The number of benzene rings is 1. The highest BCUT2D eigenvalue weighted by molar-refractivity contribution is 5.90. The second-order valence-electron chi connectivity index (χ2n) is 3.91. The quantitative estimate of drug-likeness (QED) is 0.390. The Morgan fingerprint density at radius 2 is 2.10 bits per heavy atom. The van der Waals surface area contributed by atoms with Crippen LogP contribution in [0.1, 0.15) is 23.2 Å². The fourth-order valence-corrected chi connectivity index (χ4v) is 1.50. The van der Waals surface area contributed by atoms with Crippen LogP contribution in [0.15, 0.2) is 12.1 Å². The Morgan fingerprint density at radius 3 is 2.60 bits per heavy atom. The summed E-state index contributed by atoms with van der Waals surface area (Å²) < 4.78 is 13.5. The standard InChI is InChI=1S/C11H12FN3O5/c12-7-5-8(14-3-1-2-10(13)16)9(15(19)20)4-6(7)11(17)18/h4-5,14H,1-3H2,(H2,13,16)(H,17,18). The third kappa shape index (κ3) is 3.90. The summed E-state index contributed by atoms with van der Waals surface area (Å²) in [6.45, 7) is 0.162. The lowest BCUT2D eigenvalue weighted by molar-refractivity contribution is -0.384. The van der Waals surface area contributed by atoms with Crippen molar-refractivity contribution in [1.82, 2.24) is 0 Å². The van der Waals surface area contributed by atoms with Gasteiger partial charge in [0.05, 0.1) is 4.92 Å². The number of nitro benzene ring substituents is 1. The van der Waals surface area contributed by atoms with E-state index in [1.54, 1.807) is 0 Å². The smallest absolute Gasteiger partial charge is 0.338 e. The fraction of sp³-hybridized carbons (Fsp3) is 0.273. The van der Waals surface area contributed by atoms with Crippen LogP contribution < -0.4 is 11.1 Å². The molecule has 0 bridgehead atoms. The average Bonchev–Trinajstić information content (AvgIpc) is 2.33. The minimum atomic E-state index is -1.59. The highest BCUT2D eigenvalue weighted by atomic mass is 19.1. The van der Waals surface area contributed by atoms with Gasteiger partial charge in [0, 0.05) is 25.1 Å². The number of primary amides is 1. The molecule has 0 saturated carbocycles. The number of amides is 1. The number of anilines is 1. The highest BCUT2D eigenvalue weighted by Crippen LogP contribution is 2.27. The third-order valence-corrected chi connectivity index (χ3v) is 2.43. The van der Waals surface area contributed by atoms with Crippen molar-refractivity contribution in [2.45, 2.75) is 12.8 Å². The molecule has 1 aromatic rings. The van der Waals surface area contributed by atoms with E-state index in [-0.39, 0.29) is 18.7 Å². The Labute approximate surface area is 112 Å². The third-order valence-electron chi connectivity index (χ3n) is 2.43. The number of aromatic carboxylic acids is 1. The molecule has 0 saturated heterocycles. The van der Waals surface area contributed by atoms with Crippen LogP contribution in [0.2, 0.25) is 0 Å². The first-order chi connectivity index (χ1) is 9.32. The lowest BCUT2D eigenvalue weighted by atomic mass is 10.1. The number of carbonyl (C=O) groups is 2. The van der Waals surface area contributed by atoms with Crippen LogP contribution in [0, 0.1) is 15.9 Å². The number of hydrogen-bond donors (Lipinski definition) is 3. The van der Waals surface area contributed by atoms with E-state index in [2.05, 4.69) is 5.32 Å². The molecule has 108 valence electrons. The number of carboxylic acids is 1. The van der Waals surface area contributed by atoms with Gasteiger partial charge in [0.1, 0.15) is 17.1 Å². The van der Waals surface area contributed by atoms with Gasteiger partial charge in [0.25, 0.3) is 5.69 Å². The Hall–Kier alpha value is -2.71. The Morgan fingerprint density at radius 1 is 1.45 bits per heavy atom. The van der Waals surface area contributed by atoms with E-state index in [0.29, 0.717) is 12.5 Å². The summed E-state index contributed by atoms with van der Waals surface area (Å²) in [6, 6.07) is 1.39. The van der Waals surface area contributed by atoms with Crippen molar-refractivity contribution in [2.24, 2.45) is 5.73 Å². The van der Waals surface area contributed by atoms with Crippen LogP contribution in [-0.2, 0) is 4.79 Å². The zero-order chi connectivity index (χ0) is 15.3. The fourth-order valence-electron chi connectivity index (χ4n) is 1.50. The van der Waals surface area contributed by atoms with Gasteiger partial charge in [-0.05, 0) is 6.42 Å². The highest BCUT2D eigenvalue weighted by Gasteiger charge is 2.21. The van der Waals surface area contributed by atoms with Crippen LogP contribution >= 0.6 is 0 Å². The summed E-state index contributed by atoms with van der Waals surface area (Å²) in [5.74, 6) is -3.19. The maximum absolute atomic E-state index is 13.5. The Balaban J connectivity index is 2.94. The first kappa shape index (κ1) is 15.3. The number of nitrogens with one attached hydrogen (secondary N) is 1. The van der Waals surface area contributed by atoms with Gasteiger partial charge in [-0.15, -0.1) is 0 Å². The van der Waals surface area contributed by atoms with Crippen LogP contribution in [0.5, 0.6) is 0 Å². The SMILES string of the molecule is NC(=O)CCCNc1cc(F)c(C(=O)O)cc1[N+](=O)[O-]. The minimum Gasteiger partial charge on any atom is -0.478 e. The number of halogens is 1. The van der Waals surface area contributed by atoms with Crippen LogP contribution in [0.3, 0.4) is 0 Å². The summed E-state index contributed by atoms with van der Waals surface area (Å²) in [5, 5.41) is 22.1. The first-order valence-electron chi connectivity index (χ1n) is 5.56. The van der Waals surface area contributed by atoms with E-state index >= 15 is 0 Å². The van der Waals surface area contributed by atoms with Gasteiger partial charge in [0.2, 0.25) is 5.91 Å². The second-order valence-corrected chi connectivity index (χ2v) is 3.91. The van der Waals surface area contributed by atoms with Crippen molar-refractivity contribution < 1.29 is 24.0 Å². The Bertz CT molecular complexity index is 561. The van der Waals surface area contributed by atoms with E-state index in [4.69, 9.17) is 10.8 Å². The molecule has 8 nitrogen and oxygen atoms in total. The number of rotatable bonds is 7. The van der Waals surface area contributed by atoms with Crippen molar-refractivity contribution in [1.29, 1.82) is 0 Å². The zero-order valence-corrected chi connectivity index (χ0v) is 10.3. The Kier molecular flexibility index (Phi) is 4.95. The first-order valence-corrected chi connectivity index (χ1v) is 5.56. The molecule has 0 unspecified atom stereocenters. The molecule has 0 atom stereocenters. The predicted molar refractivity (Wildman–Crippen MR) is 66.9 cm³/mol. The van der Waals surface area contributed by atoms with Gasteiger partial charge >= 0.3 is 5.97 Å². The molecule has 20 heavy (non-hydrogen) atoms. The summed E-state index contributed by atoms with van der Waals surface area (Å²) in [5.41, 5.74) is 3.44. The molecule has 0 aliphatic heterocycles. The predicted octanol–water partition coefficient (Wildman–Crippen LogP) is 1.11. The van der Waals surface area contributed by atoms with Crippen LogP contribution in [0.4, 0.5) is 15.8 Å². The molecule has 0 aliphatic rings. The van der Waals surface area contributed by atoms with Crippen molar-refractivity contribution in [3.8, 4) is 0 Å². The lowest BCUT2D eigenvalue weighted by Crippen LogP contribution is -2.13. The summed E-state index contributed by atoms with van der Waals surface area (Å²) in [7, 11) is 0. The number of nitrogens with zero attached hydrogens (tertiary/aromatic N) is 1. The normalized spacial score (nSPS) is 10.1. The van der Waals surface area contributed by atoms with Crippen LogP contribution in [-0.4, -0.2) is 28.5 Å². The minimum absolute atomic E-state index is 0.0799. The van der Waals surface area contributed by atoms with Crippen molar-refractivity contribution >= 4 is 23.3 Å². The van der Waals surface area contributed by atoms with Crippen molar-refractivity contribution in [3.63, 3.8) is 0 Å². The molecule has 0 aromatic heterocycles. The topological polar surface area (TPSA) is 136 Å². The number of carbonyl (C=O) groups excluding carboxylic acids is 1. The largest absolute Gasteiger partial charge is 0.478 e. The molecule has 0 spiro atoms. The molecule has 0 aliphatic carbocycles. The van der Waals surface area contributed by atoms with Gasteiger partial charge in [-0.25, -0.2) is 9.18 Å². The molecular formula is C11H12FN3O5. The summed E-state index contributed by atoms with van der Waals surface area (Å²) in [6.07, 6.45) is 0.394. The van der Waals surface area contributed by atoms with E-state index in [0.717, 1.165) is 6.07 Å². The monoisotopic (exact) mass is 285 g/mol. The van der Waals surface area contributed by atoms with E-state index in [1.165, 1.54) is 0 Å². The summed E-state index contributed by atoms with van der Waals surface area (Å²) >= 11 is 0. The maximum atomic E-state index is 13.5. The van der Waals surface area contributed by atoms with Gasteiger partial charge < -0.3 is 16.2 Å². The molecule has 1 aromatic carbocycles. The number of nitro groups is 1. The van der Waals surface area contributed by atoms with Crippen molar-refractivity contribution in [3.05, 3.63) is 33.6 Å². The van der Waals surface area contributed by atoms with Crippen molar-refractivity contribution in [2.75, 3.05) is 11.9 Å². The number of hydrogen-bond acceptors (Lipinski definition) is 5. The molecule has 9 heteroatoms. The average molecular weight is 285 g/mol.